The molecular weight excluding hydrogens is 382 g/mol. The van der Waals surface area contributed by atoms with Crippen LogP contribution in [0, 0.1) is 6.92 Å². The van der Waals surface area contributed by atoms with E-state index in [1.807, 2.05) is 34.6 Å². The normalized spacial score (nSPS) is 30.5. The van der Waals surface area contributed by atoms with E-state index < -0.39 is 46.3 Å². The first-order valence-electron chi connectivity index (χ1n) is 9.62. The van der Waals surface area contributed by atoms with E-state index in [-0.39, 0.29) is 11.8 Å². The van der Waals surface area contributed by atoms with Gasteiger partial charge >= 0.3 is 0 Å². The summed E-state index contributed by atoms with van der Waals surface area (Å²) >= 11 is 0. The van der Waals surface area contributed by atoms with E-state index in [0.29, 0.717) is 4.90 Å². The van der Waals surface area contributed by atoms with Crippen LogP contribution in [0.1, 0.15) is 33.3 Å². The number of rotatable bonds is 7. The van der Waals surface area contributed by atoms with E-state index >= 15 is 0 Å². The molecule has 0 aliphatic carbocycles. The van der Waals surface area contributed by atoms with Gasteiger partial charge in [0, 0.05) is 13.2 Å². The Balaban J connectivity index is 1.83. The van der Waals surface area contributed by atoms with Gasteiger partial charge in [-0.15, -0.1) is 0 Å². The first kappa shape index (κ1) is 21.7. The van der Waals surface area contributed by atoms with E-state index in [1.165, 1.54) is 0 Å². The molecule has 1 aromatic rings. The zero-order chi connectivity index (χ0) is 20.7. The van der Waals surface area contributed by atoms with Gasteiger partial charge < -0.3 is 24.3 Å². The van der Waals surface area contributed by atoms with E-state index in [2.05, 4.69) is 5.32 Å². The fraction of sp³-hybridized carbons (Fsp3) is 0.700. The SMILES string of the molecule is CO[C@@H]1[C@H]2OC(C)(C)O[C@H]2O[C@@H]1[C@@H](CS(=O)(=O)c1ccc(C)cc1)NC(C)C. The number of nitrogens with one attached hydrogen (secondary N) is 1. The van der Waals surface area contributed by atoms with Crippen molar-refractivity contribution in [2.24, 2.45) is 0 Å². The van der Waals surface area contributed by atoms with Gasteiger partial charge in [0.15, 0.2) is 21.9 Å². The van der Waals surface area contributed by atoms with Crippen molar-refractivity contribution in [3.8, 4) is 0 Å². The largest absolute Gasteiger partial charge is 0.376 e. The van der Waals surface area contributed by atoms with Gasteiger partial charge in [-0.2, -0.15) is 0 Å². The molecule has 3 rings (SSSR count). The molecule has 0 radical (unpaired) electrons. The Morgan fingerprint density at radius 2 is 1.82 bits per heavy atom. The van der Waals surface area contributed by atoms with Crippen LogP contribution in [0.2, 0.25) is 0 Å². The van der Waals surface area contributed by atoms with Crippen molar-refractivity contribution in [1.29, 1.82) is 0 Å². The highest BCUT2D eigenvalue weighted by Crippen LogP contribution is 2.39. The predicted molar refractivity (Wildman–Crippen MR) is 105 cm³/mol. The summed E-state index contributed by atoms with van der Waals surface area (Å²) < 4.78 is 49.6. The zero-order valence-corrected chi connectivity index (χ0v) is 18.2. The molecule has 2 aliphatic heterocycles. The van der Waals surface area contributed by atoms with Crippen molar-refractivity contribution < 1.29 is 27.4 Å². The maximum atomic E-state index is 13.0. The molecule has 0 bridgehead atoms. The molecule has 1 aromatic carbocycles. The van der Waals surface area contributed by atoms with E-state index in [4.69, 9.17) is 18.9 Å². The Hall–Kier alpha value is -1.03. The minimum atomic E-state index is -3.52. The highest BCUT2D eigenvalue weighted by atomic mass is 32.2. The Morgan fingerprint density at radius 1 is 1.18 bits per heavy atom. The lowest BCUT2D eigenvalue weighted by atomic mass is 10.0. The molecule has 158 valence electrons. The topological polar surface area (TPSA) is 83.1 Å². The average molecular weight is 414 g/mol. The van der Waals surface area contributed by atoms with Crippen LogP contribution in [0.15, 0.2) is 29.2 Å². The van der Waals surface area contributed by atoms with Gasteiger partial charge in [0.2, 0.25) is 0 Å². The Kier molecular flexibility index (Phi) is 6.20. The molecule has 0 spiro atoms. The van der Waals surface area contributed by atoms with Gasteiger partial charge in [0.05, 0.1) is 16.7 Å². The van der Waals surface area contributed by atoms with Crippen molar-refractivity contribution in [2.75, 3.05) is 12.9 Å². The zero-order valence-electron chi connectivity index (χ0n) is 17.3. The summed E-state index contributed by atoms with van der Waals surface area (Å²) in [6, 6.07) is 6.48. The van der Waals surface area contributed by atoms with E-state index in [9.17, 15) is 8.42 Å². The van der Waals surface area contributed by atoms with Crippen LogP contribution in [0.5, 0.6) is 0 Å². The van der Waals surface area contributed by atoms with Crippen molar-refractivity contribution in [1.82, 2.24) is 5.32 Å². The lowest BCUT2D eigenvalue weighted by Gasteiger charge is -2.32. The molecule has 0 amide bonds. The van der Waals surface area contributed by atoms with Crippen LogP contribution >= 0.6 is 0 Å². The number of aryl methyl sites for hydroxylation is 1. The molecule has 2 saturated heterocycles. The summed E-state index contributed by atoms with van der Waals surface area (Å²) in [5.74, 6) is -0.867. The molecule has 2 heterocycles. The van der Waals surface area contributed by atoms with Crippen molar-refractivity contribution in [3.05, 3.63) is 29.8 Å². The number of ether oxygens (including phenoxy) is 4. The molecule has 0 aromatic heterocycles. The van der Waals surface area contributed by atoms with Crippen LogP contribution in [0.3, 0.4) is 0 Å². The van der Waals surface area contributed by atoms with Crippen LogP contribution in [-0.4, -0.2) is 63.8 Å². The molecular formula is C20H31NO6S. The first-order chi connectivity index (χ1) is 13.0. The number of benzene rings is 1. The van der Waals surface area contributed by atoms with Crippen LogP contribution in [0.4, 0.5) is 0 Å². The summed E-state index contributed by atoms with van der Waals surface area (Å²) in [5, 5.41) is 3.34. The molecule has 0 unspecified atom stereocenters. The second-order valence-corrected chi connectivity index (χ2v) is 10.3. The fourth-order valence-electron chi connectivity index (χ4n) is 3.84. The lowest BCUT2D eigenvalue weighted by Crippen LogP contribution is -2.53. The molecule has 28 heavy (non-hydrogen) atoms. The molecule has 2 aliphatic rings. The van der Waals surface area contributed by atoms with Gasteiger partial charge in [-0.05, 0) is 32.9 Å². The van der Waals surface area contributed by atoms with Crippen LogP contribution in [-0.2, 0) is 28.8 Å². The summed E-state index contributed by atoms with van der Waals surface area (Å²) in [5.41, 5.74) is 1.01. The van der Waals surface area contributed by atoms with Crippen molar-refractivity contribution in [3.63, 3.8) is 0 Å². The molecule has 5 atom stereocenters. The first-order valence-corrected chi connectivity index (χ1v) is 11.3. The third-order valence-corrected chi connectivity index (χ3v) is 6.81. The van der Waals surface area contributed by atoms with Gasteiger partial charge in [0.25, 0.3) is 0 Å². The molecule has 7 nitrogen and oxygen atoms in total. The molecule has 1 N–H and O–H groups in total. The second-order valence-electron chi connectivity index (χ2n) is 8.29. The molecule has 0 saturated carbocycles. The van der Waals surface area contributed by atoms with Gasteiger partial charge in [-0.3, -0.25) is 0 Å². The monoisotopic (exact) mass is 413 g/mol. The smallest absolute Gasteiger partial charge is 0.190 e. The summed E-state index contributed by atoms with van der Waals surface area (Å²) in [4.78, 5) is 0.300. The molecule has 8 heteroatoms. The number of methoxy groups -OCH3 is 1. The van der Waals surface area contributed by atoms with Crippen LogP contribution < -0.4 is 5.32 Å². The van der Waals surface area contributed by atoms with Crippen molar-refractivity contribution in [2.45, 2.75) is 82.0 Å². The summed E-state index contributed by atoms with van der Waals surface area (Å²) in [6.07, 6.45) is -1.93. The maximum absolute atomic E-state index is 13.0. The van der Waals surface area contributed by atoms with Crippen LogP contribution in [0.25, 0.3) is 0 Å². The molecule has 2 fully saturated rings. The third kappa shape index (κ3) is 4.58. The lowest BCUT2D eigenvalue weighted by molar-refractivity contribution is -0.219. The Morgan fingerprint density at radius 3 is 2.39 bits per heavy atom. The Labute approximate surface area is 167 Å². The summed E-state index contributed by atoms with van der Waals surface area (Å²) in [6.45, 7) is 9.51. The minimum absolute atomic E-state index is 0.0676. The van der Waals surface area contributed by atoms with E-state index in [0.717, 1.165) is 5.56 Å². The number of sulfone groups is 1. The standard InChI is InChI=1S/C20H31NO6S/c1-12(2)21-15(11-28(22,23)14-9-7-13(3)8-10-14)16-17(24-6)18-19(25-16)27-20(4,5)26-18/h7-10,12,15-19,21H,11H2,1-6H3/t15-,16-,17+,18-,19-/m1/s1. The van der Waals surface area contributed by atoms with Gasteiger partial charge in [-0.1, -0.05) is 31.5 Å². The third-order valence-electron chi connectivity index (χ3n) is 5.02. The summed E-state index contributed by atoms with van der Waals surface area (Å²) in [7, 11) is -1.93. The van der Waals surface area contributed by atoms with E-state index in [1.54, 1.807) is 31.4 Å². The predicted octanol–water partition coefficient (Wildman–Crippen LogP) is 2.03. The quantitative estimate of drug-likeness (QED) is 0.732. The average Bonchev–Trinajstić information content (AvgIpc) is 3.05. The maximum Gasteiger partial charge on any atom is 0.190 e. The van der Waals surface area contributed by atoms with Crippen molar-refractivity contribution >= 4 is 9.84 Å². The minimum Gasteiger partial charge on any atom is -0.376 e. The van der Waals surface area contributed by atoms with Gasteiger partial charge in [-0.25, -0.2) is 8.42 Å². The Bertz CT molecular complexity index is 776. The fourth-order valence-corrected chi connectivity index (χ4v) is 5.34. The highest BCUT2D eigenvalue weighted by Gasteiger charge is 2.57. The number of hydrogen-bond acceptors (Lipinski definition) is 7. The number of fused-ring (bicyclic) bond motifs is 1. The second kappa shape index (κ2) is 8.01. The highest BCUT2D eigenvalue weighted by molar-refractivity contribution is 7.91. The van der Waals surface area contributed by atoms with Gasteiger partial charge in [0.1, 0.15) is 18.3 Å². The number of hydrogen-bond donors (Lipinski definition) is 1.